The fraction of sp³-hybridized carbons (Fsp3) is 1.00. The SMILES string of the molecule is CCCCCCCCCCC(O)CCCC(CC)S(=O)(=O)O. The molecule has 0 aromatic carbocycles. The second kappa shape index (κ2) is 13.3. The summed E-state index contributed by atoms with van der Waals surface area (Å²) in [6.07, 6.45) is 12.6. The summed E-state index contributed by atoms with van der Waals surface area (Å²) in [4.78, 5) is 0. The van der Waals surface area contributed by atoms with Gasteiger partial charge in [0.1, 0.15) is 0 Å². The molecule has 0 amide bonds. The van der Waals surface area contributed by atoms with Gasteiger partial charge >= 0.3 is 0 Å². The molecule has 22 heavy (non-hydrogen) atoms. The molecule has 0 radical (unpaired) electrons. The third kappa shape index (κ3) is 12.4. The molecule has 0 aromatic rings. The number of rotatable bonds is 15. The highest BCUT2D eigenvalue weighted by Crippen LogP contribution is 2.16. The minimum Gasteiger partial charge on any atom is -0.393 e. The topological polar surface area (TPSA) is 74.6 Å². The van der Waals surface area contributed by atoms with Crippen molar-refractivity contribution in [2.75, 3.05) is 0 Å². The lowest BCUT2D eigenvalue weighted by Crippen LogP contribution is -2.20. The van der Waals surface area contributed by atoms with Crippen LogP contribution in [-0.2, 0) is 10.1 Å². The number of aliphatic hydroxyl groups is 1. The van der Waals surface area contributed by atoms with Crippen molar-refractivity contribution < 1.29 is 18.1 Å². The summed E-state index contributed by atoms with van der Waals surface area (Å²) in [5.41, 5.74) is 0. The molecular formula is C17H36O4S. The summed E-state index contributed by atoms with van der Waals surface area (Å²) in [6.45, 7) is 3.98. The summed E-state index contributed by atoms with van der Waals surface area (Å²) in [7, 11) is -3.93. The molecule has 0 aliphatic heterocycles. The van der Waals surface area contributed by atoms with Crippen molar-refractivity contribution in [3.05, 3.63) is 0 Å². The highest BCUT2D eigenvalue weighted by Gasteiger charge is 2.20. The second-order valence-electron chi connectivity index (χ2n) is 6.39. The van der Waals surface area contributed by atoms with Gasteiger partial charge in [-0.15, -0.1) is 0 Å². The monoisotopic (exact) mass is 336 g/mol. The van der Waals surface area contributed by atoms with Gasteiger partial charge in [-0.2, -0.15) is 8.42 Å². The fourth-order valence-corrected chi connectivity index (χ4v) is 3.69. The molecule has 0 heterocycles. The quantitative estimate of drug-likeness (QED) is 0.335. The Balaban J connectivity index is 3.52. The Bertz CT molecular complexity index is 341. The molecule has 2 atom stereocenters. The van der Waals surface area contributed by atoms with Crippen LogP contribution in [0.1, 0.15) is 97.3 Å². The first kappa shape index (κ1) is 21.9. The van der Waals surface area contributed by atoms with Crippen LogP contribution in [0.3, 0.4) is 0 Å². The van der Waals surface area contributed by atoms with E-state index in [2.05, 4.69) is 6.92 Å². The van der Waals surface area contributed by atoms with E-state index in [1.54, 1.807) is 6.92 Å². The molecule has 0 saturated carbocycles. The van der Waals surface area contributed by atoms with Crippen LogP contribution < -0.4 is 0 Å². The van der Waals surface area contributed by atoms with E-state index in [-0.39, 0.29) is 6.10 Å². The maximum Gasteiger partial charge on any atom is 0.267 e. The first-order valence-electron chi connectivity index (χ1n) is 9.06. The minimum atomic E-state index is -3.93. The Morgan fingerprint density at radius 2 is 1.27 bits per heavy atom. The van der Waals surface area contributed by atoms with Gasteiger partial charge in [0.05, 0.1) is 11.4 Å². The van der Waals surface area contributed by atoms with Crippen LogP contribution in [0.25, 0.3) is 0 Å². The molecule has 0 aromatic heterocycles. The predicted molar refractivity (Wildman–Crippen MR) is 92.7 cm³/mol. The van der Waals surface area contributed by atoms with Crippen molar-refractivity contribution in [2.24, 2.45) is 0 Å². The van der Waals surface area contributed by atoms with E-state index in [0.717, 1.165) is 12.8 Å². The molecule has 0 saturated heterocycles. The zero-order valence-electron chi connectivity index (χ0n) is 14.5. The van der Waals surface area contributed by atoms with E-state index < -0.39 is 15.4 Å². The molecule has 2 N–H and O–H groups in total. The molecule has 0 fully saturated rings. The Labute approximate surface area is 137 Å². The van der Waals surface area contributed by atoms with Crippen molar-refractivity contribution in [3.63, 3.8) is 0 Å². The summed E-state index contributed by atoms with van der Waals surface area (Å²) in [5.74, 6) is 0. The van der Waals surface area contributed by atoms with Gasteiger partial charge in [-0.05, 0) is 32.1 Å². The van der Waals surface area contributed by atoms with Gasteiger partial charge in [0.2, 0.25) is 0 Å². The van der Waals surface area contributed by atoms with Crippen LogP contribution in [0.15, 0.2) is 0 Å². The highest BCUT2D eigenvalue weighted by atomic mass is 32.2. The zero-order valence-corrected chi connectivity index (χ0v) is 15.3. The normalized spacial score (nSPS) is 14.9. The molecule has 0 rings (SSSR count). The van der Waals surface area contributed by atoms with Crippen molar-refractivity contribution in [1.82, 2.24) is 0 Å². The molecule has 134 valence electrons. The van der Waals surface area contributed by atoms with E-state index in [4.69, 9.17) is 4.55 Å². The van der Waals surface area contributed by atoms with Crippen molar-refractivity contribution in [3.8, 4) is 0 Å². The van der Waals surface area contributed by atoms with E-state index in [1.807, 2.05) is 0 Å². The van der Waals surface area contributed by atoms with Gasteiger partial charge in [0.15, 0.2) is 0 Å². The van der Waals surface area contributed by atoms with Crippen LogP contribution in [-0.4, -0.2) is 29.4 Å². The van der Waals surface area contributed by atoms with E-state index >= 15 is 0 Å². The van der Waals surface area contributed by atoms with Crippen LogP contribution in [0.2, 0.25) is 0 Å². The average Bonchev–Trinajstić information content (AvgIpc) is 2.45. The maximum absolute atomic E-state index is 11.1. The minimum absolute atomic E-state index is 0.334. The molecule has 0 spiro atoms. The highest BCUT2D eigenvalue weighted by molar-refractivity contribution is 7.86. The molecule has 0 bridgehead atoms. The van der Waals surface area contributed by atoms with Crippen molar-refractivity contribution >= 4 is 10.1 Å². The molecular weight excluding hydrogens is 300 g/mol. The largest absolute Gasteiger partial charge is 0.393 e. The first-order chi connectivity index (χ1) is 10.4. The van der Waals surface area contributed by atoms with E-state index in [1.165, 1.54) is 44.9 Å². The summed E-state index contributed by atoms with van der Waals surface area (Å²) >= 11 is 0. The lowest BCUT2D eigenvalue weighted by molar-refractivity contribution is 0.147. The lowest BCUT2D eigenvalue weighted by atomic mass is 10.0. The summed E-state index contributed by atoms with van der Waals surface area (Å²) in [6, 6.07) is 0. The Morgan fingerprint density at radius 3 is 1.77 bits per heavy atom. The van der Waals surface area contributed by atoms with Gasteiger partial charge in [0, 0.05) is 0 Å². The van der Waals surface area contributed by atoms with E-state index in [0.29, 0.717) is 25.7 Å². The smallest absolute Gasteiger partial charge is 0.267 e. The number of hydrogen-bond donors (Lipinski definition) is 2. The molecule has 2 unspecified atom stereocenters. The number of aliphatic hydroxyl groups excluding tert-OH is 1. The van der Waals surface area contributed by atoms with Gasteiger partial charge < -0.3 is 5.11 Å². The van der Waals surface area contributed by atoms with Crippen LogP contribution in [0.4, 0.5) is 0 Å². The Hall–Kier alpha value is -0.130. The average molecular weight is 337 g/mol. The van der Waals surface area contributed by atoms with E-state index in [9.17, 15) is 13.5 Å². The van der Waals surface area contributed by atoms with Gasteiger partial charge in [-0.1, -0.05) is 65.2 Å². The molecule has 4 nitrogen and oxygen atoms in total. The second-order valence-corrected chi connectivity index (χ2v) is 8.09. The van der Waals surface area contributed by atoms with Gasteiger partial charge in [-0.25, -0.2) is 0 Å². The Kier molecular flexibility index (Phi) is 13.2. The van der Waals surface area contributed by atoms with Gasteiger partial charge in [0.25, 0.3) is 10.1 Å². The third-order valence-electron chi connectivity index (χ3n) is 4.33. The fourth-order valence-electron chi connectivity index (χ4n) is 2.80. The third-order valence-corrected chi connectivity index (χ3v) is 5.74. The summed E-state index contributed by atoms with van der Waals surface area (Å²) < 4.78 is 31.2. The van der Waals surface area contributed by atoms with Crippen molar-refractivity contribution in [1.29, 1.82) is 0 Å². The van der Waals surface area contributed by atoms with Crippen molar-refractivity contribution in [2.45, 2.75) is 109 Å². The Morgan fingerprint density at radius 1 is 0.773 bits per heavy atom. The number of unbranched alkanes of at least 4 members (excludes halogenated alkanes) is 7. The number of hydrogen-bond acceptors (Lipinski definition) is 3. The first-order valence-corrected chi connectivity index (χ1v) is 10.6. The van der Waals surface area contributed by atoms with Crippen LogP contribution in [0.5, 0.6) is 0 Å². The molecule has 0 aliphatic rings. The maximum atomic E-state index is 11.1. The van der Waals surface area contributed by atoms with Crippen LogP contribution >= 0.6 is 0 Å². The predicted octanol–water partition coefficient (Wildman–Crippen LogP) is 4.71. The summed E-state index contributed by atoms with van der Waals surface area (Å²) in [5, 5.41) is 9.22. The standard InChI is InChI=1S/C17H36O4S/c1-3-5-6-7-8-9-10-11-13-16(18)14-12-15-17(4-2)22(19,20)21/h16-18H,3-15H2,1-2H3,(H,19,20,21). The van der Waals surface area contributed by atoms with Crippen LogP contribution in [0, 0.1) is 0 Å². The lowest BCUT2D eigenvalue weighted by Gasteiger charge is -2.14. The molecule has 0 aliphatic carbocycles. The zero-order chi connectivity index (χ0) is 16.8. The van der Waals surface area contributed by atoms with Gasteiger partial charge in [-0.3, -0.25) is 4.55 Å². The molecule has 5 heteroatoms.